The van der Waals surface area contributed by atoms with E-state index >= 15 is 0 Å². The van der Waals surface area contributed by atoms with Gasteiger partial charge in [-0.15, -0.1) is 0 Å². The lowest BCUT2D eigenvalue weighted by molar-refractivity contribution is 0.413. The Morgan fingerprint density at radius 3 is 2.45 bits per heavy atom. The van der Waals surface area contributed by atoms with E-state index in [0.717, 1.165) is 11.1 Å². The summed E-state index contributed by atoms with van der Waals surface area (Å²) in [6, 6.07) is 17.2. The van der Waals surface area contributed by atoms with E-state index in [1.807, 2.05) is 61.5 Å². The van der Waals surface area contributed by atoms with Gasteiger partial charge in [-0.1, -0.05) is 42.5 Å². The molecule has 0 amide bonds. The molecule has 0 saturated heterocycles. The SMILES string of the molecule is COc1ccccc1-c1cn(C(C)c2ccccc2)c(=O)o1. The van der Waals surface area contributed by atoms with Crippen LogP contribution >= 0.6 is 0 Å². The van der Waals surface area contributed by atoms with Crippen LogP contribution in [0.2, 0.25) is 0 Å². The lowest BCUT2D eigenvalue weighted by atomic mass is 10.1. The van der Waals surface area contributed by atoms with Crippen LogP contribution in [0.1, 0.15) is 18.5 Å². The minimum atomic E-state index is -0.378. The zero-order chi connectivity index (χ0) is 15.5. The third-order valence-electron chi connectivity index (χ3n) is 3.74. The van der Waals surface area contributed by atoms with Crippen LogP contribution in [0.3, 0.4) is 0 Å². The van der Waals surface area contributed by atoms with Crippen molar-refractivity contribution in [3.63, 3.8) is 0 Å². The van der Waals surface area contributed by atoms with E-state index in [2.05, 4.69) is 0 Å². The molecule has 3 aromatic rings. The molecule has 0 aliphatic carbocycles. The Hall–Kier alpha value is -2.75. The monoisotopic (exact) mass is 295 g/mol. The molecule has 0 aliphatic heterocycles. The smallest absolute Gasteiger partial charge is 0.420 e. The fourth-order valence-electron chi connectivity index (χ4n) is 2.49. The normalized spacial score (nSPS) is 12.1. The number of para-hydroxylation sites is 1. The van der Waals surface area contributed by atoms with Gasteiger partial charge >= 0.3 is 5.76 Å². The van der Waals surface area contributed by atoms with E-state index in [9.17, 15) is 4.79 Å². The summed E-state index contributed by atoms with van der Waals surface area (Å²) in [5.74, 6) is 0.804. The average Bonchev–Trinajstić information content (AvgIpc) is 2.96. The first-order chi connectivity index (χ1) is 10.7. The first-order valence-corrected chi connectivity index (χ1v) is 7.11. The molecule has 0 saturated carbocycles. The summed E-state index contributed by atoms with van der Waals surface area (Å²) >= 11 is 0. The van der Waals surface area contributed by atoms with Crippen LogP contribution in [0.25, 0.3) is 11.3 Å². The Bertz CT molecular complexity index is 818. The summed E-state index contributed by atoms with van der Waals surface area (Å²) in [6.07, 6.45) is 1.73. The molecule has 1 unspecified atom stereocenters. The lowest BCUT2D eigenvalue weighted by Crippen LogP contribution is -2.18. The van der Waals surface area contributed by atoms with Crippen LogP contribution in [-0.2, 0) is 0 Å². The molecule has 0 spiro atoms. The summed E-state index contributed by atoms with van der Waals surface area (Å²) in [7, 11) is 1.60. The van der Waals surface area contributed by atoms with Crippen LogP contribution in [0.15, 0.2) is 70.0 Å². The molecule has 0 aliphatic rings. The predicted octanol–water partition coefficient (Wildman–Crippen LogP) is 3.73. The molecule has 4 nitrogen and oxygen atoms in total. The number of rotatable bonds is 4. The van der Waals surface area contributed by atoms with Gasteiger partial charge < -0.3 is 9.15 Å². The van der Waals surface area contributed by atoms with Crippen LogP contribution < -0.4 is 10.5 Å². The Morgan fingerprint density at radius 1 is 1.05 bits per heavy atom. The zero-order valence-electron chi connectivity index (χ0n) is 12.5. The molecule has 1 heterocycles. The summed E-state index contributed by atoms with van der Waals surface area (Å²) < 4.78 is 12.3. The van der Waals surface area contributed by atoms with E-state index in [4.69, 9.17) is 9.15 Å². The molecule has 0 radical (unpaired) electrons. The highest BCUT2D eigenvalue weighted by Gasteiger charge is 2.16. The van der Waals surface area contributed by atoms with Crippen LogP contribution in [0, 0.1) is 0 Å². The molecule has 4 heteroatoms. The third-order valence-corrected chi connectivity index (χ3v) is 3.74. The molecule has 0 bridgehead atoms. The van der Waals surface area contributed by atoms with Crippen LogP contribution in [0.4, 0.5) is 0 Å². The molecule has 3 rings (SSSR count). The van der Waals surface area contributed by atoms with Crippen molar-refractivity contribution in [3.8, 4) is 17.1 Å². The highest BCUT2D eigenvalue weighted by Crippen LogP contribution is 2.29. The van der Waals surface area contributed by atoms with Gasteiger partial charge in [0.2, 0.25) is 0 Å². The fraction of sp³-hybridized carbons (Fsp3) is 0.167. The Balaban J connectivity index is 2.03. The van der Waals surface area contributed by atoms with Gasteiger partial charge in [-0.05, 0) is 24.6 Å². The van der Waals surface area contributed by atoms with E-state index in [0.29, 0.717) is 11.5 Å². The topological polar surface area (TPSA) is 44.4 Å². The largest absolute Gasteiger partial charge is 0.496 e. The summed E-state index contributed by atoms with van der Waals surface area (Å²) in [5.41, 5.74) is 1.82. The second-order valence-corrected chi connectivity index (χ2v) is 5.06. The fourth-order valence-corrected chi connectivity index (χ4v) is 2.49. The minimum Gasteiger partial charge on any atom is -0.496 e. The first-order valence-electron chi connectivity index (χ1n) is 7.11. The molecule has 0 fully saturated rings. The number of methoxy groups -OCH3 is 1. The number of hydrogen-bond donors (Lipinski definition) is 0. The van der Waals surface area contributed by atoms with E-state index in [-0.39, 0.29) is 11.8 Å². The van der Waals surface area contributed by atoms with Crippen molar-refractivity contribution < 1.29 is 9.15 Å². The lowest BCUT2D eigenvalue weighted by Gasteiger charge is -2.11. The van der Waals surface area contributed by atoms with Gasteiger partial charge in [-0.25, -0.2) is 4.79 Å². The quantitative estimate of drug-likeness (QED) is 0.736. The minimum absolute atomic E-state index is 0.0964. The highest BCUT2D eigenvalue weighted by atomic mass is 16.5. The van der Waals surface area contributed by atoms with Crippen LogP contribution in [-0.4, -0.2) is 11.7 Å². The summed E-state index contributed by atoms with van der Waals surface area (Å²) in [4.78, 5) is 12.2. The molecular weight excluding hydrogens is 278 g/mol. The summed E-state index contributed by atoms with van der Waals surface area (Å²) in [5, 5.41) is 0. The number of aromatic nitrogens is 1. The number of oxazole rings is 1. The third kappa shape index (κ3) is 2.55. The standard InChI is InChI=1S/C18H17NO3/c1-13(14-8-4-3-5-9-14)19-12-17(22-18(19)20)15-10-6-7-11-16(15)21-2/h3-13H,1-2H3. The molecule has 22 heavy (non-hydrogen) atoms. The first kappa shape index (κ1) is 14.2. The van der Waals surface area contributed by atoms with Gasteiger partial charge in [0.15, 0.2) is 5.76 Å². The van der Waals surface area contributed by atoms with Gasteiger partial charge in [-0.3, -0.25) is 4.57 Å². The van der Waals surface area contributed by atoms with E-state index in [1.165, 1.54) is 0 Å². The van der Waals surface area contributed by atoms with E-state index < -0.39 is 0 Å². The van der Waals surface area contributed by atoms with Crippen molar-refractivity contribution in [2.75, 3.05) is 7.11 Å². The maximum Gasteiger partial charge on any atom is 0.420 e. The van der Waals surface area contributed by atoms with Crippen molar-refractivity contribution in [2.45, 2.75) is 13.0 Å². The Kier molecular flexibility index (Phi) is 3.83. The maximum absolute atomic E-state index is 12.2. The Labute approximate surface area is 128 Å². The average molecular weight is 295 g/mol. The molecule has 2 aromatic carbocycles. The Morgan fingerprint density at radius 2 is 1.73 bits per heavy atom. The zero-order valence-corrected chi connectivity index (χ0v) is 12.5. The van der Waals surface area contributed by atoms with Gasteiger partial charge in [0.1, 0.15) is 5.75 Å². The highest BCUT2D eigenvalue weighted by molar-refractivity contribution is 5.64. The van der Waals surface area contributed by atoms with Gasteiger partial charge in [-0.2, -0.15) is 0 Å². The number of nitrogens with zero attached hydrogens (tertiary/aromatic N) is 1. The van der Waals surface area contributed by atoms with Crippen molar-refractivity contribution in [1.82, 2.24) is 4.57 Å². The van der Waals surface area contributed by atoms with Crippen molar-refractivity contribution in [1.29, 1.82) is 0 Å². The number of ether oxygens (including phenoxy) is 1. The number of benzene rings is 2. The van der Waals surface area contributed by atoms with E-state index in [1.54, 1.807) is 17.9 Å². The van der Waals surface area contributed by atoms with Gasteiger partial charge in [0.25, 0.3) is 0 Å². The second kappa shape index (κ2) is 5.93. The van der Waals surface area contributed by atoms with Crippen molar-refractivity contribution in [2.24, 2.45) is 0 Å². The molecule has 0 N–H and O–H groups in total. The van der Waals surface area contributed by atoms with Gasteiger partial charge in [0.05, 0.1) is 24.9 Å². The molecular formula is C18H17NO3. The second-order valence-electron chi connectivity index (χ2n) is 5.06. The summed E-state index contributed by atoms with van der Waals surface area (Å²) in [6.45, 7) is 1.97. The molecule has 1 atom stereocenters. The molecule has 112 valence electrons. The number of hydrogen-bond acceptors (Lipinski definition) is 3. The maximum atomic E-state index is 12.2. The van der Waals surface area contributed by atoms with Crippen molar-refractivity contribution in [3.05, 3.63) is 76.9 Å². The van der Waals surface area contributed by atoms with Crippen LogP contribution in [0.5, 0.6) is 5.75 Å². The van der Waals surface area contributed by atoms with Gasteiger partial charge in [0, 0.05) is 0 Å². The van der Waals surface area contributed by atoms with Crippen molar-refractivity contribution >= 4 is 0 Å². The predicted molar refractivity (Wildman–Crippen MR) is 85.2 cm³/mol. The molecule has 1 aromatic heterocycles.